The average Bonchev–Trinajstić information content (AvgIpc) is 2.70. The Morgan fingerprint density at radius 3 is 2.50 bits per heavy atom. The van der Waals surface area contributed by atoms with Gasteiger partial charge in [0.2, 0.25) is 11.8 Å². The minimum Gasteiger partial charge on any atom is -0.480 e. The predicted molar refractivity (Wildman–Crippen MR) is 70.3 cm³/mol. The van der Waals surface area contributed by atoms with Gasteiger partial charge in [0.05, 0.1) is 5.92 Å². The minimum absolute atomic E-state index is 0.0347. The first-order valence-corrected chi connectivity index (χ1v) is 6.20. The van der Waals surface area contributed by atoms with Crippen molar-refractivity contribution in [1.29, 1.82) is 0 Å². The molecule has 7 N–H and O–H groups in total. The van der Waals surface area contributed by atoms with Crippen LogP contribution >= 0.6 is 0 Å². The van der Waals surface area contributed by atoms with Crippen molar-refractivity contribution < 1.29 is 19.5 Å². The number of carbonyl (C=O) groups excluding carboxylic acids is 2. The number of nitrogens with two attached hydrogens (primary N) is 3. The van der Waals surface area contributed by atoms with Gasteiger partial charge in [0.1, 0.15) is 6.04 Å². The highest BCUT2D eigenvalue weighted by atomic mass is 16.4. The van der Waals surface area contributed by atoms with Gasteiger partial charge in [-0.3, -0.25) is 14.6 Å². The van der Waals surface area contributed by atoms with E-state index < -0.39 is 23.8 Å². The zero-order valence-corrected chi connectivity index (χ0v) is 11.0. The number of nitrogens with zero attached hydrogens (tertiary/aromatic N) is 2. The van der Waals surface area contributed by atoms with E-state index in [9.17, 15) is 19.5 Å². The molecule has 112 valence electrons. The molecule has 0 aromatic rings. The molecule has 1 aliphatic heterocycles. The van der Waals surface area contributed by atoms with E-state index in [0.717, 1.165) is 0 Å². The number of carboxylic acid groups (broad SMARTS) is 1. The highest BCUT2D eigenvalue weighted by Crippen LogP contribution is 2.22. The standard InChI is InChI=1S/C11H19N5O4/c12-9(18)6-4-8(17)16(5-6)7(10(19)20)2-1-3-15-11(13)14/h6-7H,1-5H2,(H2,12,18)(H,19,20)(H4,13,14,15). The topological polar surface area (TPSA) is 165 Å². The fourth-order valence-electron chi connectivity index (χ4n) is 2.13. The summed E-state index contributed by atoms with van der Waals surface area (Å²) in [6.45, 7) is 0.334. The number of primary amides is 1. The van der Waals surface area contributed by atoms with E-state index in [1.54, 1.807) is 0 Å². The van der Waals surface area contributed by atoms with Gasteiger partial charge in [-0.25, -0.2) is 4.79 Å². The number of likely N-dealkylation sites (tertiary alicyclic amines) is 1. The van der Waals surface area contributed by atoms with Gasteiger partial charge in [0, 0.05) is 19.5 Å². The zero-order chi connectivity index (χ0) is 15.3. The molecule has 2 unspecified atom stereocenters. The SMILES string of the molecule is NC(=O)C1CC(=O)N(C(CCCN=C(N)N)C(=O)O)C1. The summed E-state index contributed by atoms with van der Waals surface area (Å²) in [5.74, 6) is -2.77. The quantitative estimate of drug-likeness (QED) is 0.236. The van der Waals surface area contributed by atoms with E-state index in [1.807, 2.05) is 0 Å². The van der Waals surface area contributed by atoms with Crippen LogP contribution in [0.5, 0.6) is 0 Å². The Morgan fingerprint density at radius 1 is 1.40 bits per heavy atom. The van der Waals surface area contributed by atoms with Crippen LogP contribution in [0, 0.1) is 5.92 Å². The zero-order valence-electron chi connectivity index (χ0n) is 11.0. The van der Waals surface area contributed by atoms with E-state index in [0.29, 0.717) is 6.42 Å². The summed E-state index contributed by atoms with van der Waals surface area (Å²) in [5.41, 5.74) is 15.5. The summed E-state index contributed by atoms with van der Waals surface area (Å²) in [7, 11) is 0. The summed E-state index contributed by atoms with van der Waals surface area (Å²) < 4.78 is 0. The first kappa shape index (κ1) is 15.7. The van der Waals surface area contributed by atoms with E-state index in [4.69, 9.17) is 17.2 Å². The highest BCUT2D eigenvalue weighted by molar-refractivity contribution is 5.91. The first-order chi connectivity index (χ1) is 9.32. The molecule has 2 atom stereocenters. The number of amides is 2. The number of carbonyl (C=O) groups is 3. The molecule has 2 amide bonds. The number of carboxylic acids is 1. The lowest BCUT2D eigenvalue weighted by atomic mass is 10.1. The monoisotopic (exact) mass is 285 g/mol. The molecule has 1 aliphatic rings. The molecular formula is C11H19N5O4. The summed E-state index contributed by atoms with van der Waals surface area (Å²) in [6, 6.07) is -0.985. The van der Waals surface area contributed by atoms with Crippen molar-refractivity contribution >= 4 is 23.7 Å². The first-order valence-electron chi connectivity index (χ1n) is 6.20. The van der Waals surface area contributed by atoms with Crippen LogP contribution in [0.3, 0.4) is 0 Å². The van der Waals surface area contributed by atoms with Crippen molar-refractivity contribution in [2.45, 2.75) is 25.3 Å². The van der Waals surface area contributed by atoms with Crippen LogP contribution < -0.4 is 17.2 Å². The lowest BCUT2D eigenvalue weighted by molar-refractivity contribution is -0.148. The fourth-order valence-corrected chi connectivity index (χ4v) is 2.13. The van der Waals surface area contributed by atoms with Crippen LogP contribution in [-0.2, 0) is 14.4 Å². The molecule has 20 heavy (non-hydrogen) atoms. The van der Waals surface area contributed by atoms with Crippen LogP contribution in [0.2, 0.25) is 0 Å². The predicted octanol–water partition coefficient (Wildman–Crippen LogP) is -2.17. The molecule has 0 saturated carbocycles. The molecule has 0 spiro atoms. The fraction of sp³-hybridized carbons (Fsp3) is 0.636. The van der Waals surface area contributed by atoms with Gasteiger partial charge in [0.15, 0.2) is 5.96 Å². The van der Waals surface area contributed by atoms with Crippen molar-refractivity contribution in [1.82, 2.24) is 4.90 Å². The van der Waals surface area contributed by atoms with Crippen molar-refractivity contribution in [3.63, 3.8) is 0 Å². The molecule has 0 aliphatic carbocycles. The van der Waals surface area contributed by atoms with E-state index in [1.165, 1.54) is 4.90 Å². The Morgan fingerprint density at radius 2 is 2.05 bits per heavy atom. The molecule has 1 fully saturated rings. The van der Waals surface area contributed by atoms with Crippen LogP contribution in [0.1, 0.15) is 19.3 Å². The molecule has 0 aromatic heterocycles. The maximum absolute atomic E-state index is 11.8. The average molecular weight is 285 g/mol. The maximum Gasteiger partial charge on any atom is 0.326 e. The van der Waals surface area contributed by atoms with Gasteiger partial charge in [-0.2, -0.15) is 0 Å². The number of guanidine groups is 1. The van der Waals surface area contributed by atoms with Crippen molar-refractivity contribution in [2.24, 2.45) is 28.1 Å². The number of hydrogen-bond donors (Lipinski definition) is 4. The second kappa shape index (κ2) is 6.73. The molecule has 1 rings (SSSR count). The second-order valence-corrected chi connectivity index (χ2v) is 4.65. The third-order valence-corrected chi connectivity index (χ3v) is 3.15. The Bertz CT molecular complexity index is 433. The van der Waals surface area contributed by atoms with Gasteiger partial charge in [-0.1, -0.05) is 0 Å². The van der Waals surface area contributed by atoms with Gasteiger partial charge < -0.3 is 27.2 Å². The van der Waals surface area contributed by atoms with E-state index >= 15 is 0 Å². The van der Waals surface area contributed by atoms with Gasteiger partial charge in [-0.15, -0.1) is 0 Å². The van der Waals surface area contributed by atoms with Gasteiger partial charge in [0.25, 0.3) is 0 Å². The summed E-state index contributed by atoms with van der Waals surface area (Å²) in [5, 5.41) is 9.19. The highest BCUT2D eigenvalue weighted by Gasteiger charge is 2.39. The lowest BCUT2D eigenvalue weighted by Crippen LogP contribution is -2.43. The Hall–Kier alpha value is -2.32. The summed E-state index contributed by atoms with van der Waals surface area (Å²) in [4.78, 5) is 39.0. The van der Waals surface area contributed by atoms with Crippen LogP contribution in [0.4, 0.5) is 0 Å². The van der Waals surface area contributed by atoms with Crippen LogP contribution in [0.25, 0.3) is 0 Å². The smallest absolute Gasteiger partial charge is 0.326 e. The largest absolute Gasteiger partial charge is 0.480 e. The molecular weight excluding hydrogens is 266 g/mol. The molecule has 0 radical (unpaired) electrons. The van der Waals surface area contributed by atoms with Crippen molar-refractivity contribution in [3.8, 4) is 0 Å². The minimum atomic E-state index is -1.12. The molecule has 1 saturated heterocycles. The number of aliphatic carboxylic acids is 1. The molecule has 0 bridgehead atoms. The van der Waals surface area contributed by atoms with E-state index in [2.05, 4.69) is 4.99 Å². The third kappa shape index (κ3) is 4.11. The molecule has 9 nitrogen and oxygen atoms in total. The van der Waals surface area contributed by atoms with Gasteiger partial charge >= 0.3 is 5.97 Å². The number of hydrogen-bond acceptors (Lipinski definition) is 4. The molecule has 1 heterocycles. The number of rotatable bonds is 7. The van der Waals surface area contributed by atoms with Gasteiger partial charge in [-0.05, 0) is 12.8 Å². The van der Waals surface area contributed by atoms with Crippen LogP contribution in [0.15, 0.2) is 4.99 Å². The Balaban J connectivity index is 2.62. The maximum atomic E-state index is 11.8. The normalized spacial score (nSPS) is 19.7. The van der Waals surface area contributed by atoms with Crippen molar-refractivity contribution in [3.05, 3.63) is 0 Å². The second-order valence-electron chi connectivity index (χ2n) is 4.65. The molecule has 9 heteroatoms. The molecule has 0 aromatic carbocycles. The summed E-state index contributed by atoms with van der Waals surface area (Å²) in [6.07, 6.45) is 0.593. The van der Waals surface area contributed by atoms with Crippen LogP contribution in [-0.4, -0.2) is 52.9 Å². The van der Waals surface area contributed by atoms with E-state index in [-0.39, 0.29) is 37.8 Å². The number of aliphatic imine (C=N–C) groups is 1. The third-order valence-electron chi connectivity index (χ3n) is 3.15. The summed E-state index contributed by atoms with van der Waals surface area (Å²) >= 11 is 0. The van der Waals surface area contributed by atoms with Crippen molar-refractivity contribution in [2.75, 3.05) is 13.1 Å². The Labute approximate surface area is 115 Å². The Kier molecular flexibility index (Phi) is 5.30. The lowest BCUT2D eigenvalue weighted by Gasteiger charge is -2.24.